The van der Waals surface area contributed by atoms with Crippen LogP contribution in [0, 0.1) is 5.92 Å². The lowest BCUT2D eigenvalue weighted by atomic mass is 9.98. The van der Waals surface area contributed by atoms with E-state index in [4.69, 9.17) is 4.74 Å². The molecule has 2 aromatic rings. The van der Waals surface area contributed by atoms with Gasteiger partial charge in [0.05, 0.1) is 13.2 Å². The summed E-state index contributed by atoms with van der Waals surface area (Å²) in [5.41, 5.74) is 2.17. The van der Waals surface area contributed by atoms with Crippen LogP contribution < -0.4 is 10.1 Å². The summed E-state index contributed by atoms with van der Waals surface area (Å²) in [6.45, 7) is 0.578. The van der Waals surface area contributed by atoms with E-state index in [0.717, 1.165) is 11.1 Å². The van der Waals surface area contributed by atoms with E-state index in [0.29, 0.717) is 17.9 Å². The fourth-order valence-electron chi connectivity index (χ4n) is 3.50. The second-order valence-electron chi connectivity index (χ2n) is 6.66. The highest BCUT2D eigenvalue weighted by atomic mass is 16.5. The van der Waals surface area contributed by atoms with Crippen LogP contribution in [-0.4, -0.2) is 55.2 Å². The number of para-hydroxylation sites is 1. The van der Waals surface area contributed by atoms with Gasteiger partial charge >= 0.3 is 0 Å². The molecule has 1 saturated heterocycles. The van der Waals surface area contributed by atoms with Gasteiger partial charge in [0, 0.05) is 43.6 Å². The smallest absolute Gasteiger partial charge is 0.254 e. The minimum Gasteiger partial charge on any atom is -0.496 e. The lowest BCUT2D eigenvalue weighted by Gasteiger charge is -2.19. The van der Waals surface area contributed by atoms with Crippen LogP contribution in [0.2, 0.25) is 0 Å². The zero-order valence-electron chi connectivity index (χ0n) is 15.5. The third-order valence-electron chi connectivity index (χ3n) is 4.97. The third kappa shape index (κ3) is 3.95. The van der Waals surface area contributed by atoms with Crippen molar-refractivity contribution in [3.8, 4) is 16.9 Å². The number of amides is 2. The molecule has 0 bridgehead atoms. The van der Waals surface area contributed by atoms with Crippen molar-refractivity contribution in [3.05, 3.63) is 54.1 Å². The van der Waals surface area contributed by atoms with E-state index in [9.17, 15) is 14.7 Å². The van der Waals surface area contributed by atoms with Crippen molar-refractivity contribution in [2.24, 2.45) is 5.92 Å². The number of benzene rings is 2. The number of likely N-dealkylation sites (tertiary alicyclic amines) is 1. The Bertz CT molecular complexity index is 836. The molecule has 2 amide bonds. The van der Waals surface area contributed by atoms with Gasteiger partial charge in [-0.1, -0.05) is 36.4 Å². The van der Waals surface area contributed by atoms with E-state index < -0.39 is 6.10 Å². The third-order valence-corrected chi connectivity index (χ3v) is 4.97. The number of carbonyl (C=O) groups excluding carboxylic acids is 2. The number of hydrogen-bond donors (Lipinski definition) is 2. The summed E-state index contributed by atoms with van der Waals surface area (Å²) >= 11 is 0. The van der Waals surface area contributed by atoms with E-state index in [1.807, 2.05) is 42.5 Å². The lowest BCUT2D eigenvalue weighted by molar-refractivity contribution is -0.122. The lowest BCUT2D eigenvalue weighted by Crippen LogP contribution is -2.30. The van der Waals surface area contributed by atoms with Gasteiger partial charge in [-0.25, -0.2) is 0 Å². The Balaban J connectivity index is 1.87. The van der Waals surface area contributed by atoms with Crippen molar-refractivity contribution in [1.29, 1.82) is 0 Å². The molecule has 0 unspecified atom stereocenters. The molecule has 6 heteroatoms. The molecule has 0 spiro atoms. The van der Waals surface area contributed by atoms with Gasteiger partial charge in [-0.2, -0.15) is 0 Å². The predicted octanol–water partition coefficient (Wildman–Crippen LogP) is 1.93. The Morgan fingerprint density at radius 3 is 2.48 bits per heavy atom. The summed E-state index contributed by atoms with van der Waals surface area (Å²) in [6, 6.07) is 14.9. The van der Waals surface area contributed by atoms with Crippen molar-refractivity contribution in [2.75, 3.05) is 27.2 Å². The van der Waals surface area contributed by atoms with Gasteiger partial charge in [-0.05, 0) is 17.7 Å². The van der Waals surface area contributed by atoms with Crippen LogP contribution in [0.25, 0.3) is 11.1 Å². The Kier molecular flexibility index (Phi) is 5.76. The maximum atomic E-state index is 13.2. The quantitative estimate of drug-likeness (QED) is 0.845. The van der Waals surface area contributed by atoms with Crippen LogP contribution >= 0.6 is 0 Å². The van der Waals surface area contributed by atoms with Crippen LogP contribution in [-0.2, 0) is 4.79 Å². The second-order valence-corrected chi connectivity index (χ2v) is 6.66. The first-order valence-corrected chi connectivity index (χ1v) is 8.95. The minimum atomic E-state index is -0.704. The van der Waals surface area contributed by atoms with Gasteiger partial charge in [0.1, 0.15) is 5.75 Å². The zero-order valence-corrected chi connectivity index (χ0v) is 15.5. The first-order valence-electron chi connectivity index (χ1n) is 8.95. The van der Waals surface area contributed by atoms with Crippen LogP contribution in [0.4, 0.5) is 0 Å². The SMILES string of the molecule is CNC(=O)C[C@@H]1CN(C(=O)c2ccccc2-c2ccccc2OC)C[C@H]1O. The summed E-state index contributed by atoms with van der Waals surface area (Å²) < 4.78 is 5.44. The highest BCUT2D eigenvalue weighted by molar-refractivity contribution is 6.01. The molecule has 2 aromatic carbocycles. The molecular weight excluding hydrogens is 344 g/mol. The largest absolute Gasteiger partial charge is 0.496 e. The first-order chi connectivity index (χ1) is 13.0. The Labute approximate surface area is 158 Å². The molecule has 2 atom stereocenters. The fraction of sp³-hybridized carbons (Fsp3) is 0.333. The second kappa shape index (κ2) is 8.22. The van der Waals surface area contributed by atoms with Crippen LogP contribution in [0.5, 0.6) is 5.75 Å². The average Bonchev–Trinajstić information content (AvgIpc) is 3.07. The van der Waals surface area contributed by atoms with Gasteiger partial charge in [0.25, 0.3) is 5.91 Å². The van der Waals surface area contributed by atoms with Crippen molar-refractivity contribution in [2.45, 2.75) is 12.5 Å². The van der Waals surface area contributed by atoms with E-state index in [1.165, 1.54) is 0 Å². The maximum Gasteiger partial charge on any atom is 0.254 e. The van der Waals surface area contributed by atoms with Gasteiger partial charge in [0.2, 0.25) is 5.91 Å². The Morgan fingerprint density at radius 1 is 1.11 bits per heavy atom. The molecule has 0 aliphatic carbocycles. The standard InChI is InChI=1S/C21H24N2O4/c1-22-20(25)11-14-12-23(13-18(14)24)21(26)17-9-4-3-7-15(17)16-8-5-6-10-19(16)27-2/h3-10,14,18,24H,11-13H2,1-2H3,(H,22,25)/t14-,18-/m1/s1. The molecule has 3 rings (SSSR count). The summed E-state index contributed by atoms with van der Waals surface area (Å²) in [7, 11) is 3.17. The molecule has 1 aliphatic rings. The number of rotatable bonds is 5. The number of nitrogens with zero attached hydrogens (tertiary/aromatic N) is 1. The molecule has 1 heterocycles. The number of nitrogens with one attached hydrogen (secondary N) is 1. The Morgan fingerprint density at radius 2 is 1.78 bits per heavy atom. The summed E-state index contributed by atoms with van der Waals surface area (Å²) in [5, 5.41) is 12.8. The van der Waals surface area contributed by atoms with E-state index in [1.54, 1.807) is 25.1 Å². The maximum absolute atomic E-state index is 13.2. The molecule has 0 saturated carbocycles. The van der Waals surface area contributed by atoms with Gasteiger partial charge < -0.3 is 20.1 Å². The number of ether oxygens (including phenoxy) is 1. The number of β-amino-alcohol motifs (C(OH)–C–C–N with tert-alkyl or cyclic N) is 1. The highest BCUT2D eigenvalue weighted by Gasteiger charge is 2.36. The molecule has 6 nitrogen and oxygen atoms in total. The molecule has 27 heavy (non-hydrogen) atoms. The monoisotopic (exact) mass is 368 g/mol. The van der Waals surface area contributed by atoms with Gasteiger partial charge in [-0.3, -0.25) is 9.59 Å². The van der Waals surface area contributed by atoms with Crippen molar-refractivity contribution in [3.63, 3.8) is 0 Å². The minimum absolute atomic E-state index is 0.136. The number of carbonyl (C=O) groups is 2. The summed E-state index contributed by atoms with van der Waals surface area (Å²) in [6.07, 6.45) is -0.500. The van der Waals surface area contributed by atoms with Crippen molar-refractivity contribution < 1.29 is 19.4 Å². The first kappa shape index (κ1) is 18.9. The van der Waals surface area contributed by atoms with E-state index in [-0.39, 0.29) is 30.7 Å². The molecular formula is C21H24N2O4. The number of aliphatic hydroxyl groups is 1. The molecule has 0 radical (unpaired) electrons. The molecule has 142 valence electrons. The topological polar surface area (TPSA) is 78.9 Å². The Hall–Kier alpha value is -2.86. The van der Waals surface area contributed by atoms with Crippen LogP contribution in [0.3, 0.4) is 0 Å². The van der Waals surface area contributed by atoms with Gasteiger partial charge in [0.15, 0.2) is 0 Å². The number of aliphatic hydroxyl groups excluding tert-OH is 1. The van der Waals surface area contributed by atoms with Crippen LogP contribution in [0.1, 0.15) is 16.8 Å². The summed E-state index contributed by atoms with van der Waals surface area (Å²) in [5.74, 6) is 0.141. The van der Waals surface area contributed by atoms with Crippen molar-refractivity contribution >= 4 is 11.8 Å². The predicted molar refractivity (Wildman–Crippen MR) is 103 cm³/mol. The number of hydrogen-bond acceptors (Lipinski definition) is 4. The molecule has 1 fully saturated rings. The normalized spacial score (nSPS) is 19.0. The van der Waals surface area contributed by atoms with Crippen LogP contribution in [0.15, 0.2) is 48.5 Å². The molecule has 2 N–H and O–H groups in total. The fourth-order valence-corrected chi connectivity index (χ4v) is 3.50. The molecule has 1 aliphatic heterocycles. The molecule has 0 aromatic heterocycles. The summed E-state index contributed by atoms with van der Waals surface area (Å²) in [4.78, 5) is 26.4. The highest BCUT2D eigenvalue weighted by Crippen LogP contribution is 2.33. The zero-order chi connectivity index (χ0) is 19.4. The van der Waals surface area contributed by atoms with E-state index >= 15 is 0 Å². The number of methoxy groups -OCH3 is 1. The van der Waals surface area contributed by atoms with Crippen molar-refractivity contribution in [1.82, 2.24) is 10.2 Å². The average molecular weight is 368 g/mol. The van der Waals surface area contributed by atoms with E-state index in [2.05, 4.69) is 5.32 Å². The van der Waals surface area contributed by atoms with Gasteiger partial charge in [-0.15, -0.1) is 0 Å².